The standard InChI is InChI=1S/C16H20BrN3O/c1-3-7-19-16(15-6-5-13(17)10-20-15)12-8-14(21-4-2)11-18-9-12/h5-6,8-11,16,19H,3-4,7H2,1-2H3. The molecule has 0 saturated heterocycles. The van der Waals surface area contributed by atoms with Crippen molar-refractivity contribution in [2.24, 2.45) is 0 Å². The van der Waals surface area contributed by atoms with E-state index in [1.807, 2.05) is 37.5 Å². The molecule has 0 saturated carbocycles. The monoisotopic (exact) mass is 349 g/mol. The minimum Gasteiger partial charge on any atom is -0.492 e. The molecule has 4 nitrogen and oxygen atoms in total. The van der Waals surface area contributed by atoms with Crippen molar-refractivity contribution in [3.63, 3.8) is 0 Å². The predicted octanol–water partition coefficient (Wildman–Crippen LogP) is 3.73. The number of hydrogen-bond acceptors (Lipinski definition) is 4. The SMILES string of the molecule is CCCNC(c1cncc(OCC)c1)c1ccc(Br)cn1. The van der Waals surface area contributed by atoms with Gasteiger partial charge in [-0.25, -0.2) is 0 Å². The van der Waals surface area contributed by atoms with Gasteiger partial charge in [-0.15, -0.1) is 0 Å². The number of ether oxygens (including phenoxy) is 1. The summed E-state index contributed by atoms with van der Waals surface area (Å²) in [4.78, 5) is 8.78. The first kappa shape index (κ1) is 15.9. The Morgan fingerprint density at radius 3 is 2.76 bits per heavy atom. The highest BCUT2D eigenvalue weighted by atomic mass is 79.9. The third kappa shape index (κ3) is 4.51. The zero-order valence-corrected chi connectivity index (χ0v) is 13.9. The van der Waals surface area contributed by atoms with Gasteiger partial charge in [0.15, 0.2) is 0 Å². The van der Waals surface area contributed by atoms with Crippen molar-refractivity contribution in [1.29, 1.82) is 0 Å². The molecule has 0 amide bonds. The number of pyridine rings is 2. The van der Waals surface area contributed by atoms with E-state index in [-0.39, 0.29) is 6.04 Å². The van der Waals surface area contributed by atoms with Crippen LogP contribution in [-0.2, 0) is 0 Å². The number of nitrogens with one attached hydrogen (secondary N) is 1. The highest BCUT2D eigenvalue weighted by Gasteiger charge is 2.15. The quantitative estimate of drug-likeness (QED) is 0.827. The zero-order chi connectivity index (χ0) is 15.1. The molecule has 0 spiro atoms. The summed E-state index contributed by atoms with van der Waals surface area (Å²) in [5.74, 6) is 0.787. The van der Waals surface area contributed by atoms with Crippen LogP contribution in [0.15, 0.2) is 41.3 Å². The van der Waals surface area contributed by atoms with Crippen molar-refractivity contribution < 1.29 is 4.74 Å². The topological polar surface area (TPSA) is 47.0 Å². The smallest absolute Gasteiger partial charge is 0.137 e. The molecule has 2 heterocycles. The van der Waals surface area contributed by atoms with Crippen molar-refractivity contribution in [3.05, 3.63) is 52.5 Å². The summed E-state index contributed by atoms with van der Waals surface area (Å²) in [6.45, 7) is 5.67. The van der Waals surface area contributed by atoms with E-state index in [0.29, 0.717) is 6.61 Å². The van der Waals surface area contributed by atoms with Crippen LogP contribution in [0, 0.1) is 0 Å². The highest BCUT2D eigenvalue weighted by molar-refractivity contribution is 9.10. The van der Waals surface area contributed by atoms with Gasteiger partial charge in [-0.2, -0.15) is 0 Å². The summed E-state index contributed by atoms with van der Waals surface area (Å²) in [6.07, 6.45) is 6.47. The van der Waals surface area contributed by atoms with Gasteiger partial charge in [-0.3, -0.25) is 9.97 Å². The predicted molar refractivity (Wildman–Crippen MR) is 87.5 cm³/mol. The first-order valence-electron chi connectivity index (χ1n) is 7.17. The molecule has 0 aromatic carbocycles. The molecule has 0 aliphatic rings. The summed E-state index contributed by atoms with van der Waals surface area (Å²) < 4.78 is 6.51. The molecule has 1 unspecified atom stereocenters. The highest BCUT2D eigenvalue weighted by Crippen LogP contribution is 2.24. The van der Waals surface area contributed by atoms with Gasteiger partial charge in [0.05, 0.1) is 24.5 Å². The summed E-state index contributed by atoms with van der Waals surface area (Å²) in [5, 5.41) is 3.52. The van der Waals surface area contributed by atoms with Gasteiger partial charge < -0.3 is 10.1 Å². The fourth-order valence-corrected chi connectivity index (χ4v) is 2.31. The van der Waals surface area contributed by atoms with Crippen molar-refractivity contribution in [1.82, 2.24) is 15.3 Å². The Morgan fingerprint density at radius 1 is 1.24 bits per heavy atom. The largest absolute Gasteiger partial charge is 0.492 e. The summed E-state index contributed by atoms with van der Waals surface area (Å²) in [7, 11) is 0. The second-order valence-corrected chi connectivity index (χ2v) is 5.59. The molecule has 0 fully saturated rings. The van der Waals surface area contributed by atoms with Gasteiger partial charge in [-0.1, -0.05) is 6.92 Å². The molecule has 2 aromatic heterocycles. The number of halogens is 1. The lowest BCUT2D eigenvalue weighted by atomic mass is 10.0. The molecule has 1 atom stereocenters. The van der Waals surface area contributed by atoms with E-state index in [0.717, 1.165) is 34.4 Å². The van der Waals surface area contributed by atoms with E-state index in [4.69, 9.17) is 4.74 Å². The molecule has 5 heteroatoms. The fraction of sp³-hybridized carbons (Fsp3) is 0.375. The first-order chi connectivity index (χ1) is 10.2. The van der Waals surface area contributed by atoms with Crippen LogP contribution in [0.3, 0.4) is 0 Å². The number of nitrogens with zero attached hydrogens (tertiary/aromatic N) is 2. The fourth-order valence-electron chi connectivity index (χ4n) is 2.08. The Bertz CT molecular complexity index is 560. The lowest BCUT2D eigenvalue weighted by Gasteiger charge is -2.19. The summed E-state index contributed by atoms with van der Waals surface area (Å²) in [5.41, 5.74) is 2.03. The second-order valence-electron chi connectivity index (χ2n) is 4.68. The van der Waals surface area contributed by atoms with Crippen molar-refractivity contribution >= 4 is 15.9 Å². The molecule has 2 aromatic rings. The van der Waals surface area contributed by atoms with Gasteiger partial charge in [0, 0.05) is 16.9 Å². The van der Waals surface area contributed by atoms with Crippen LogP contribution in [0.5, 0.6) is 5.75 Å². The molecular weight excluding hydrogens is 330 g/mol. The van der Waals surface area contributed by atoms with E-state index >= 15 is 0 Å². The van der Waals surface area contributed by atoms with Crippen LogP contribution in [0.1, 0.15) is 37.6 Å². The maximum Gasteiger partial charge on any atom is 0.137 e. The lowest BCUT2D eigenvalue weighted by Crippen LogP contribution is -2.24. The van der Waals surface area contributed by atoms with E-state index < -0.39 is 0 Å². The molecule has 0 radical (unpaired) electrons. The van der Waals surface area contributed by atoms with Crippen LogP contribution in [0.25, 0.3) is 0 Å². The van der Waals surface area contributed by atoms with Gasteiger partial charge in [0.1, 0.15) is 5.75 Å². The van der Waals surface area contributed by atoms with Crippen LogP contribution >= 0.6 is 15.9 Å². The minimum atomic E-state index is 0.0194. The Labute approximate surface area is 134 Å². The molecule has 1 N–H and O–H groups in total. The van der Waals surface area contributed by atoms with Crippen LogP contribution in [0.2, 0.25) is 0 Å². The molecule has 21 heavy (non-hydrogen) atoms. The summed E-state index contributed by atoms with van der Waals surface area (Å²) in [6, 6.07) is 6.06. The van der Waals surface area contributed by atoms with Gasteiger partial charge in [-0.05, 0) is 59.6 Å². The Balaban J connectivity index is 2.30. The Hall–Kier alpha value is -1.46. The average molecular weight is 350 g/mol. The molecule has 112 valence electrons. The maximum atomic E-state index is 5.54. The van der Waals surface area contributed by atoms with Crippen LogP contribution in [0.4, 0.5) is 0 Å². The molecule has 0 aliphatic heterocycles. The third-order valence-electron chi connectivity index (χ3n) is 3.02. The van der Waals surface area contributed by atoms with E-state index in [1.54, 1.807) is 6.20 Å². The second kappa shape index (κ2) is 8.10. The van der Waals surface area contributed by atoms with E-state index in [1.165, 1.54) is 0 Å². The molecule has 2 rings (SSSR count). The van der Waals surface area contributed by atoms with Crippen molar-refractivity contribution in [2.45, 2.75) is 26.3 Å². The lowest BCUT2D eigenvalue weighted by molar-refractivity contribution is 0.338. The normalized spacial score (nSPS) is 12.1. The van der Waals surface area contributed by atoms with Gasteiger partial charge in [0.25, 0.3) is 0 Å². The number of aromatic nitrogens is 2. The van der Waals surface area contributed by atoms with Gasteiger partial charge in [0.2, 0.25) is 0 Å². The summed E-state index contributed by atoms with van der Waals surface area (Å²) >= 11 is 3.42. The maximum absolute atomic E-state index is 5.54. The minimum absolute atomic E-state index is 0.0194. The number of rotatable bonds is 7. The van der Waals surface area contributed by atoms with Crippen LogP contribution < -0.4 is 10.1 Å². The number of hydrogen-bond donors (Lipinski definition) is 1. The average Bonchev–Trinajstić information content (AvgIpc) is 2.50. The zero-order valence-electron chi connectivity index (χ0n) is 12.3. The van der Waals surface area contributed by atoms with Crippen molar-refractivity contribution in [2.75, 3.05) is 13.2 Å². The molecular formula is C16H20BrN3O. The van der Waals surface area contributed by atoms with Crippen LogP contribution in [-0.4, -0.2) is 23.1 Å². The molecule has 0 aliphatic carbocycles. The van der Waals surface area contributed by atoms with Gasteiger partial charge >= 0.3 is 0 Å². The van der Waals surface area contributed by atoms with E-state index in [9.17, 15) is 0 Å². The Kier molecular flexibility index (Phi) is 6.14. The third-order valence-corrected chi connectivity index (χ3v) is 3.49. The first-order valence-corrected chi connectivity index (χ1v) is 7.96. The Morgan fingerprint density at radius 2 is 2.10 bits per heavy atom. The molecule has 0 bridgehead atoms. The van der Waals surface area contributed by atoms with E-state index in [2.05, 4.69) is 38.1 Å². The van der Waals surface area contributed by atoms with Crippen molar-refractivity contribution in [3.8, 4) is 5.75 Å².